The summed E-state index contributed by atoms with van der Waals surface area (Å²) in [5.41, 5.74) is 2.83. The summed E-state index contributed by atoms with van der Waals surface area (Å²) in [6.07, 6.45) is 5.79. The summed E-state index contributed by atoms with van der Waals surface area (Å²) < 4.78 is 0. The lowest BCUT2D eigenvalue weighted by Gasteiger charge is -2.54. The normalized spacial score (nSPS) is 28.6. The van der Waals surface area contributed by atoms with Crippen LogP contribution in [-0.4, -0.2) is 79.2 Å². The van der Waals surface area contributed by atoms with E-state index in [2.05, 4.69) is 51.1 Å². The zero-order valence-corrected chi connectivity index (χ0v) is 15.2. The second-order valence-electron chi connectivity index (χ2n) is 7.91. The predicted molar refractivity (Wildman–Crippen MR) is 98.6 cm³/mol. The fourth-order valence-corrected chi connectivity index (χ4v) is 4.80. The van der Waals surface area contributed by atoms with E-state index in [0.717, 1.165) is 24.8 Å². The molecule has 4 rings (SSSR count). The maximum Gasteiger partial charge on any atom is 0.0399 e. The molecule has 1 N–H and O–H groups in total. The fourth-order valence-electron chi connectivity index (χ4n) is 4.80. The van der Waals surface area contributed by atoms with Crippen molar-refractivity contribution in [2.24, 2.45) is 0 Å². The average Bonchev–Trinajstić information content (AvgIpc) is 3.13. The number of nitrogens with one attached hydrogen (secondary N) is 1. The third-order valence-electron chi connectivity index (χ3n) is 6.52. The monoisotopic (exact) mass is 329 g/mol. The number of nitrogens with zero attached hydrogens (tertiary/aromatic N) is 4. The summed E-state index contributed by atoms with van der Waals surface area (Å²) >= 11 is 0. The van der Waals surface area contributed by atoms with Crippen LogP contribution in [0.3, 0.4) is 0 Å². The topological polar surface area (TPSA) is 34.6 Å². The highest BCUT2D eigenvalue weighted by atomic mass is 15.3. The highest BCUT2D eigenvalue weighted by Crippen LogP contribution is 2.34. The molecule has 0 aromatic carbocycles. The summed E-state index contributed by atoms with van der Waals surface area (Å²) in [4.78, 5) is 12.3. The second kappa shape index (κ2) is 6.62. The molecule has 1 unspecified atom stereocenters. The van der Waals surface area contributed by atoms with Gasteiger partial charge in [-0.2, -0.15) is 0 Å². The summed E-state index contributed by atoms with van der Waals surface area (Å²) in [5, 5.41) is 3.54. The first-order chi connectivity index (χ1) is 11.7. The summed E-state index contributed by atoms with van der Waals surface area (Å²) in [5.74, 6) is 0. The van der Waals surface area contributed by atoms with Gasteiger partial charge in [-0.1, -0.05) is 0 Å². The van der Waals surface area contributed by atoms with E-state index in [1.165, 1.54) is 57.7 Å². The van der Waals surface area contributed by atoms with Crippen LogP contribution in [0.4, 0.5) is 5.69 Å². The van der Waals surface area contributed by atoms with Crippen molar-refractivity contribution >= 4 is 5.69 Å². The first kappa shape index (κ1) is 16.3. The maximum atomic E-state index is 4.34. The first-order valence-electron chi connectivity index (χ1n) is 9.50. The van der Waals surface area contributed by atoms with E-state index in [1.54, 1.807) is 0 Å². The van der Waals surface area contributed by atoms with Crippen LogP contribution < -0.4 is 10.2 Å². The van der Waals surface area contributed by atoms with E-state index in [9.17, 15) is 0 Å². The Morgan fingerprint density at radius 1 is 1.21 bits per heavy atom. The lowest BCUT2D eigenvalue weighted by Crippen LogP contribution is -2.66. The van der Waals surface area contributed by atoms with E-state index in [-0.39, 0.29) is 0 Å². The van der Waals surface area contributed by atoms with Crippen molar-refractivity contribution in [2.75, 3.05) is 57.8 Å². The minimum absolute atomic E-state index is 0.374. The molecule has 4 heterocycles. The molecule has 132 valence electrons. The van der Waals surface area contributed by atoms with Crippen LogP contribution in [0.25, 0.3) is 0 Å². The minimum Gasteiger partial charge on any atom is -0.371 e. The van der Waals surface area contributed by atoms with Crippen LogP contribution in [0.1, 0.15) is 25.0 Å². The van der Waals surface area contributed by atoms with E-state index < -0.39 is 0 Å². The van der Waals surface area contributed by atoms with Crippen LogP contribution in [0, 0.1) is 6.92 Å². The van der Waals surface area contributed by atoms with Crippen LogP contribution >= 0.6 is 0 Å². The van der Waals surface area contributed by atoms with Crippen LogP contribution in [0.15, 0.2) is 18.3 Å². The molecule has 5 heteroatoms. The highest BCUT2D eigenvalue weighted by molar-refractivity contribution is 5.47. The summed E-state index contributed by atoms with van der Waals surface area (Å²) in [6, 6.07) is 5.14. The van der Waals surface area contributed by atoms with Crippen molar-refractivity contribution in [3.8, 4) is 0 Å². The van der Waals surface area contributed by atoms with Gasteiger partial charge in [0.15, 0.2) is 0 Å². The van der Waals surface area contributed by atoms with Gasteiger partial charge in [-0.15, -0.1) is 0 Å². The second-order valence-corrected chi connectivity index (χ2v) is 7.91. The minimum atomic E-state index is 0.374. The van der Waals surface area contributed by atoms with Crippen molar-refractivity contribution in [3.05, 3.63) is 24.0 Å². The largest absolute Gasteiger partial charge is 0.371 e. The standard InChI is InChI=1S/C19H31N5/c1-16-13-17(4-8-21-16)23-9-5-19(6-10-23)15-24(12-11-22(19)2)18-3-7-20-14-18/h4,8,13,18,20H,3,5-7,9-12,14-15H2,1-2H3. The Morgan fingerprint density at radius 2 is 2.04 bits per heavy atom. The van der Waals surface area contributed by atoms with Gasteiger partial charge in [0.1, 0.15) is 0 Å². The maximum absolute atomic E-state index is 4.34. The fraction of sp³-hybridized carbons (Fsp3) is 0.737. The molecule has 0 saturated carbocycles. The molecular formula is C19H31N5. The van der Waals surface area contributed by atoms with Crippen molar-refractivity contribution in [1.82, 2.24) is 20.1 Å². The third kappa shape index (κ3) is 3.05. The molecule has 3 aliphatic rings. The van der Waals surface area contributed by atoms with Crippen molar-refractivity contribution in [3.63, 3.8) is 0 Å². The number of hydrogen-bond acceptors (Lipinski definition) is 5. The van der Waals surface area contributed by atoms with Gasteiger partial charge in [0.25, 0.3) is 0 Å². The Bertz CT molecular complexity index is 561. The van der Waals surface area contributed by atoms with Gasteiger partial charge in [0.2, 0.25) is 0 Å². The number of hydrogen-bond donors (Lipinski definition) is 1. The van der Waals surface area contributed by atoms with Crippen molar-refractivity contribution in [2.45, 2.75) is 37.8 Å². The number of pyridine rings is 1. The van der Waals surface area contributed by atoms with Crippen LogP contribution in [-0.2, 0) is 0 Å². The summed E-state index contributed by atoms with van der Waals surface area (Å²) in [6.45, 7) is 10.5. The van der Waals surface area contributed by atoms with Crippen molar-refractivity contribution < 1.29 is 0 Å². The number of rotatable bonds is 2. The number of anilines is 1. The van der Waals surface area contributed by atoms with Gasteiger partial charge in [0.05, 0.1) is 0 Å². The smallest absolute Gasteiger partial charge is 0.0399 e. The molecule has 3 saturated heterocycles. The van der Waals surface area contributed by atoms with Gasteiger partial charge in [0, 0.05) is 68.4 Å². The van der Waals surface area contributed by atoms with Gasteiger partial charge < -0.3 is 10.2 Å². The van der Waals surface area contributed by atoms with Crippen LogP contribution in [0.2, 0.25) is 0 Å². The quantitative estimate of drug-likeness (QED) is 0.886. The predicted octanol–water partition coefficient (Wildman–Crippen LogP) is 1.34. The molecule has 0 radical (unpaired) electrons. The molecule has 0 amide bonds. The van der Waals surface area contributed by atoms with Gasteiger partial charge in [-0.3, -0.25) is 14.8 Å². The zero-order chi connectivity index (χ0) is 16.6. The van der Waals surface area contributed by atoms with E-state index in [4.69, 9.17) is 0 Å². The van der Waals surface area contributed by atoms with Gasteiger partial charge in [-0.05, 0) is 51.9 Å². The molecule has 0 bridgehead atoms. The zero-order valence-electron chi connectivity index (χ0n) is 15.2. The molecule has 0 aliphatic carbocycles. The number of aryl methyl sites for hydroxylation is 1. The van der Waals surface area contributed by atoms with E-state index >= 15 is 0 Å². The number of aromatic nitrogens is 1. The lowest BCUT2D eigenvalue weighted by atomic mass is 9.83. The molecule has 24 heavy (non-hydrogen) atoms. The molecule has 1 aromatic heterocycles. The Kier molecular flexibility index (Phi) is 4.50. The first-order valence-corrected chi connectivity index (χ1v) is 9.50. The summed E-state index contributed by atoms with van der Waals surface area (Å²) in [7, 11) is 2.34. The molecule has 3 fully saturated rings. The van der Waals surface area contributed by atoms with Crippen molar-refractivity contribution in [1.29, 1.82) is 0 Å². The number of piperidine rings is 1. The Balaban J connectivity index is 1.44. The third-order valence-corrected chi connectivity index (χ3v) is 6.52. The van der Waals surface area contributed by atoms with Crippen LogP contribution in [0.5, 0.6) is 0 Å². The number of piperazine rings is 1. The van der Waals surface area contributed by atoms with E-state index in [0.29, 0.717) is 5.54 Å². The van der Waals surface area contributed by atoms with E-state index in [1.807, 2.05) is 6.20 Å². The SMILES string of the molecule is Cc1cc(N2CCC3(CC2)CN(C2CCNC2)CCN3C)ccn1. The Labute approximate surface area is 146 Å². The average molecular weight is 329 g/mol. The molecule has 1 spiro atoms. The van der Waals surface area contributed by atoms with Gasteiger partial charge in [-0.25, -0.2) is 0 Å². The molecule has 3 aliphatic heterocycles. The Hall–Kier alpha value is -1.17. The molecular weight excluding hydrogens is 298 g/mol. The number of likely N-dealkylation sites (N-methyl/N-ethyl adjacent to an activating group) is 1. The lowest BCUT2D eigenvalue weighted by molar-refractivity contribution is -0.0156. The molecule has 1 atom stereocenters. The van der Waals surface area contributed by atoms with Gasteiger partial charge >= 0.3 is 0 Å². The highest BCUT2D eigenvalue weighted by Gasteiger charge is 2.43. The Morgan fingerprint density at radius 3 is 2.75 bits per heavy atom. The molecule has 1 aromatic rings. The molecule has 5 nitrogen and oxygen atoms in total.